The molecule has 6 heteroatoms. The predicted octanol–water partition coefficient (Wildman–Crippen LogP) is 2.00. The maximum atomic E-state index is 11.6. The molecule has 21 heavy (non-hydrogen) atoms. The summed E-state index contributed by atoms with van der Waals surface area (Å²) in [7, 11) is 2.43. The number of carbonyl (C=O) groups is 2. The van der Waals surface area contributed by atoms with Gasteiger partial charge in [0, 0.05) is 0 Å². The molecule has 0 heterocycles. The Kier molecular flexibility index (Phi) is 6.97. The van der Waals surface area contributed by atoms with Gasteiger partial charge in [0.15, 0.2) is 0 Å². The highest BCUT2D eigenvalue weighted by Gasteiger charge is 2.15. The van der Waals surface area contributed by atoms with Crippen LogP contribution in [0.4, 0.5) is 4.79 Å². The van der Waals surface area contributed by atoms with Crippen LogP contribution < -0.4 is 5.32 Å². The molecule has 0 fully saturated rings. The summed E-state index contributed by atoms with van der Waals surface area (Å²) in [6.45, 7) is 2.15. The van der Waals surface area contributed by atoms with Crippen molar-refractivity contribution >= 4 is 12.1 Å². The van der Waals surface area contributed by atoms with Crippen LogP contribution in [-0.4, -0.2) is 32.4 Å². The lowest BCUT2D eigenvalue weighted by molar-refractivity contribution is -0.136. The predicted molar refractivity (Wildman–Crippen MR) is 76.3 cm³/mol. The minimum absolute atomic E-state index is 0.0232. The fourth-order valence-electron chi connectivity index (χ4n) is 1.52. The first-order chi connectivity index (χ1) is 10.1. The number of esters is 1. The van der Waals surface area contributed by atoms with Gasteiger partial charge in [0.05, 0.1) is 26.9 Å². The minimum Gasteiger partial charge on any atom is -0.464 e. The van der Waals surface area contributed by atoms with Crippen LogP contribution in [0.3, 0.4) is 0 Å². The zero-order valence-corrected chi connectivity index (χ0v) is 12.3. The summed E-state index contributed by atoms with van der Waals surface area (Å²) in [4.78, 5) is 22.7. The second kappa shape index (κ2) is 8.76. The first-order valence-electron chi connectivity index (χ1n) is 6.37. The highest BCUT2D eigenvalue weighted by atomic mass is 16.5. The lowest BCUT2D eigenvalue weighted by Gasteiger charge is -2.12. The van der Waals surface area contributed by atoms with Crippen molar-refractivity contribution in [3.8, 4) is 0 Å². The van der Waals surface area contributed by atoms with E-state index in [1.807, 2.05) is 30.3 Å². The second-order valence-electron chi connectivity index (χ2n) is 4.19. The van der Waals surface area contributed by atoms with Crippen LogP contribution >= 0.6 is 0 Å². The van der Waals surface area contributed by atoms with Crippen LogP contribution in [0.25, 0.3) is 0 Å². The molecule has 0 spiro atoms. The number of benzene rings is 1. The number of nitrogens with one attached hydrogen (secondary N) is 1. The van der Waals surface area contributed by atoms with E-state index in [2.05, 4.69) is 14.8 Å². The Balaban J connectivity index is 2.65. The molecule has 6 nitrogen and oxygen atoms in total. The molecule has 1 N–H and O–H groups in total. The summed E-state index contributed by atoms with van der Waals surface area (Å²) in [5.41, 5.74) is 0.989. The number of ether oxygens (including phenoxy) is 3. The van der Waals surface area contributed by atoms with Crippen molar-refractivity contribution in [2.24, 2.45) is 0 Å². The molecule has 1 aromatic carbocycles. The van der Waals surface area contributed by atoms with Crippen LogP contribution in [0, 0.1) is 0 Å². The smallest absolute Gasteiger partial charge is 0.411 e. The van der Waals surface area contributed by atoms with Gasteiger partial charge in [0.25, 0.3) is 0 Å². The van der Waals surface area contributed by atoms with E-state index < -0.39 is 18.2 Å². The Morgan fingerprint density at radius 2 is 1.86 bits per heavy atom. The molecule has 0 unspecified atom stereocenters. The fourth-order valence-corrected chi connectivity index (χ4v) is 1.52. The van der Waals surface area contributed by atoms with E-state index in [0.717, 1.165) is 5.56 Å². The zero-order chi connectivity index (χ0) is 15.7. The molecular formula is C15H19NO5. The lowest BCUT2D eigenvalue weighted by atomic mass is 10.2. The van der Waals surface area contributed by atoms with Gasteiger partial charge in [0.1, 0.15) is 5.70 Å². The van der Waals surface area contributed by atoms with Crippen LogP contribution in [-0.2, 0) is 25.6 Å². The number of methoxy groups -OCH3 is 2. The largest absolute Gasteiger partial charge is 0.464 e. The molecule has 0 saturated heterocycles. The van der Waals surface area contributed by atoms with Crippen molar-refractivity contribution in [1.82, 2.24) is 5.32 Å². The molecule has 114 valence electrons. The van der Waals surface area contributed by atoms with E-state index in [1.54, 1.807) is 6.92 Å². The Labute approximate surface area is 123 Å². The molecule has 0 aliphatic rings. The van der Waals surface area contributed by atoms with E-state index >= 15 is 0 Å². The van der Waals surface area contributed by atoms with Crippen molar-refractivity contribution in [3.05, 3.63) is 47.7 Å². The van der Waals surface area contributed by atoms with Gasteiger partial charge < -0.3 is 14.2 Å². The average molecular weight is 293 g/mol. The standard InChI is InChI=1S/C15H19NO5/c1-11(21-10-12-7-5-4-6-8-12)9-13(14(17)19-2)16-15(18)20-3/h4-9,11H,10H2,1-3H3,(H,16,18)/b13-9+/t11-/m0/s1. The molecule has 0 aromatic heterocycles. The van der Waals surface area contributed by atoms with Gasteiger partial charge in [-0.1, -0.05) is 30.3 Å². The zero-order valence-electron chi connectivity index (χ0n) is 12.3. The molecule has 0 bridgehead atoms. The van der Waals surface area contributed by atoms with Crippen LogP contribution in [0.2, 0.25) is 0 Å². The summed E-state index contributed by atoms with van der Waals surface area (Å²) in [5, 5.41) is 2.29. The monoisotopic (exact) mass is 293 g/mol. The van der Waals surface area contributed by atoms with Gasteiger partial charge in [-0.05, 0) is 18.6 Å². The van der Waals surface area contributed by atoms with E-state index in [-0.39, 0.29) is 5.70 Å². The second-order valence-corrected chi connectivity index (χ2v) is 4.19. The first kappa shape index (κ1) is 16.7. The number of amides is 1. The lowest BCUT2D eigenvalue weighted by Crippen LogP contribution is -2.29. The molecule has 1 atom stereocenters. The van der Waals surface area contributed by atoms with Crippen molar-refractivity contribution < 1.29 is 23.8 Å². The molecule has 0 saturated carbocycles. The summed E-state index contributed by atoms with van der Waals surface area (Å²) < 4.78 is 14.6. The Hall–Kier alpha value is -2.34. The van der Waals surface area contributed by atoms with Crippen LogP contribution in [0.1, 0.15) is 12.5 Å². The molecule has 1 rings (SSSR count). The summed E-state index contributed by atoms with van der Waals surface area (Å²) >= 11 is 0. The Morgan fingerprint density at radius 1 is 1.19 bits per heavy atom. The number of rotatable bonds is 6. The molecule has 0 radical (unpaired) electrons. The van der Waals surface area contributed by atoms with Crippen LogP contribution in [0.5, 0.6) is 0 Å². The number of hydrogen-bond acceptors (Lipinski definition) is 5. The average Bonchev–Trinajstić information content (AvgIpc) is 2.52. The van der Waals surface area contributed by atoms with Gasteiger partial charge in [-0.15, -0.1) is 0 Å². The molecule has 0 aliphatic heterocycles. The van der Waals surface area contributed by atoms with E-state index in [4.69, 9.17) is 4.74 Å². The number of alkyl carbamates (subject to hydrolysis) is 1. The molecular weight excluding hydrogens is 274 g/mol. The maximum absolute atomic E-state index is 11.6. The quantitative estimate of drug-likeness (QED) is 0.641. The molecule has 1 aromatic rings. The molecule has 0 aliphatic carbocycles. The van der Waals surface area contributed by atoms with Gasteiger partial charge in [-0.3, -0.25) is 5.32 Å². The van der Waals surface area contributed by atoms with Gasteiger partial charge in [-0.2, -0.15) is 0 Å². The van der Waals surface area contributed by atoms with E-state index in [0.29, 0.717) is 6.61 Å². The van der Waals surface area contributed by atoms with Gasteiger partial charge in [-0.25, -0.2) is 9.59 Å². The van der Waals surface area contributed by atoms with Gasteiger partial charge >= 0.3 is 12.1 Å². The maximum Gasteiger partial charge on any atom is 0.411 e. The number of carbonyl (C=O) groups excluding carboxylic acids is 2. The highest BCUT2D eigenvalue weighted by molar-refractivity contribution is 5.92. The summed E-state index contributed by atoms with van der Waals surface area (Å²) in [6.07, 6.45) is 0.324. The van der Waals surface area contributed by atoms with Crippen molar-refractivity contribution in [1.29, 1.82) is 0 Å². The third-order valence-electron chi connectivity index (χ3n) is 2.58. The van der Waals surface area contributed by atoms with Gasteiger partial charge in [0.2, 0.25) is 0 Å². The number of hydrogen-bond donors (Lipinski definition) is 1. The van der Waals surface area contributed by atoms with E-state index in [9.17, 15) is 9.59 Å². The van der Waals surface area contributed by atoms with Crippen LogP contribution in [0.15, 0.2) is 42.1 Å². The first-order valence-corrected chi connectivity index (χ1v) is 6.37. The molecule has 1 amide bonds. The SMILES string of the molecule is COC(=O)N/C(=C/[C@H](C)OCc1ccccc1)C(=O)OC. The fraction of sp³-hybridized carbons (Fsp3) is 0.333. The van der Waals surface area contributed by atoms with Crippen molar-refractivity contribution in [2.45, 2.75) is 19.6 Å². The summed E-state index contributed by atoms with van der Waals surface area (Å²) in [5.74, 6) is -0.671. The van der Waals surface area contributed by atoms with Crippen molar-refractivity contribution in [3.63, 3.8) is 0 Å². The van der Waals surface area contributed by atoms with Crippen molar-refractivity contribution in [2.75, 3.05) is 14.2 Å². The summed E-state index contributed by atoms with van der Waals surface area (Å²) in [6, 6.07) is 9.62. The third-order valence-corrected chi connectivity index (χ3v) is 2.58. The van der Waals surface area contributed by atoms with E-state index in [1.165, 1.54) is 20.3 Å². The Morgan fingerprint density at radius 3 is 2.43 bits per heavy atom. The third kappa shape index (κ3) is 6.09. The minimum atomic E-state index is -0.748. The topological polar surface area (TPSA) is 73.9 Å². The Bertz CT molecular complexity index is 498. The highest BCUT2D eigenvalue weighted by Crippen LogP contribution is 2.06. The normalized spacial score (nSPS) is 12.4.